The molecule has 1 heterocycles. The summed E-state index contributed by atoms with van der Waals surface area (Å²) in [5, 5.41) is 3.13. The van der Waals surface area contributed by atoms with Crippen molar-refractivity contribution in [2.45, 2.75) is 0 Å². The summed E-state index contributed by atoms with van der Waals surface area (Å²) < 4.78 is 17.2. The van der Waals surface area contributed by atoms with Crippen molar-refractivity contribution in [3.63, 3.8) is 0 Å². The van der Waals surface area contributed by atoms with E-state index in [4.69, 9.17) is 38.0 Å². The molecule has 0 atom stereocenters. The van der Waals surface area contributed by atoms with Crippen LogP contribution < -0.4 is 19.5 Å². The van der Waals surface area contributed by atoms with Gasteiger partial charge in [-0.15, -0.1) is 0 Å². The van der Waals surface area contributed by atoms with E-state index in [9.17, 15) is 4.79 Å². The summed E-state index contributed by atoms with van der Waals surface area (Å²) in [7, 11) is 1.59. The van der Waals surface area contributed by atoms with Crippen molar-refractivity contribution in [3.8, 4) is 17.2 Å². The van der Waals surface area contributed by atoms with E-state index in [1.54, 1.807) is 31.4 Å². The second-order valence-corrected chi connectivity index (χ2v) is 7.54. The average molecular weight is 422 g/mol. The number of amides is 1. The Labute approximate surface area is 171 Å². The lowest BCUT2D eigenvalue weighted by molar-refractivity contribution is -0.115. The van der Waals surface area contributed by atoms with Crippen LogP contribution in [-0.2, 0) is 4.79 Å². The number of ether oxygens (including phenoxy) is 3. The zero-order chi connectivity index (χ0) is 19.2. The van der Waals surface area contributed by atoms with Gasteiger partial charge < -0.3 is 19.5 Å². The summed E-state index contributed by atoms with van der Waals surface area (Å²) in [6.45, 7) is 0.645. The summed E-state index contributed by atoms with van der Waals surface area (Å²) in [6, 6.07) is 12.6. The lowest BCUT2D eigenvalue weighted by Crippen LogP contribution is -2.17. The highest BCUT2D eigenvalue weighted by atomic mass is 35.5. The Bertz CT molecular complexity index is 901. The van der Waals surface area contributed by atoms with Gasteiger partial charge in [0.1, 0.15) is 23.3 Å². The zero-order valence-electron chi connectivity index (χ0n) is 14.4. The highest BCUT2D eigenvalue weighted by Gasteiger charge is 2.22. The minimum Gasteiger partial charge on any atom is -0.493 e. The van der Waals surface area contributed by atoms with Gasteiger partial charge in [0, 0.05) is 10.6 Å². The third-order valence-corrected chi connectivity index (χ3v) is 4.97. The molecule has 8 heteroatoms. The van der Waals surface area contributed by atoms with Crippen LogP contribution in [0.1, 0.15) is 5.56 Å². The van der Waals surface area contributed by atoms with E-state index in [2.05, 4.69) is 5.32 Å². The van der Waals surface area contributed by atoms with Crippen molar-refractivity contribution in [2.75, 3.05) is 20.3 Å². The molecule has 1 aliphatic rings. The van der Waals surface area contributed by atoms with Gasteiger partial charge in [0.15, 0.2) is 11.5 Å². The SMILES string of the molecule is COc1ccccc1OCCOc1ccc(Cl)cc1/C=C1\SC(=S)NC1=O. The van der Waals surface area contributed by atoms with Crippen molar-refractivity contribution >= 4 is 51.9 Å². The van der Waals surface area contributed by atoms with Crippen LogP contribution >= 0.6 is 35.6 Å². The first-order valence-corrected chi connectivity index (χ1v) is 9.60. The Balaban J connectivity index is 1.66. The molecule has 0 bridgehead atoms. The van der Waals surface area contributed by atoms with Gasteiger partial charge in [-0.1, -0.05) is 47.7 Å². The molecule has 1 saturated heterocycles. The number of halogens is 1. The normalized spacial score (nSPS) is 15.0. The molecule has 1 aliphatic heterocycles. The summed E-state index contributed by atoms with van der Waals surface area (Å²) in [4.78, 5) is 12.4. The number of para-hydroxylation sites is 2. The zero-order valence-corrected chi connectivity index (χ0v) is 16.7. The molecule has 0 unspecified atom stereocenters. The van der Waals surface area contributed by atoms with E-state index in [1.165, 1.54) is 11.8 Å². The number of hydrogen-bond acceptors (Lipinski definition) is 6. The van der Waals surface area contributed by atoms with Crippen LogP contribution in [0.25, 0.3) is 6.08 Å². The third kappa shape index (κ3) is 5.15. The van der Waals surface area contributed by atoms with Crippen LogP contribution in [0.2, 0.25) is 5.02 Å². The summed E-state index contributed by atoms with van der Waals surface area (Å²) >= 11 is 12.3. The second-order valence-electron chi connectivity index (χ2n) is 5.38. The number of thiocarbonyl (C=S) groups is 1. The van der Waals surface area contributed by atoms with Crippen molar-refractivity contribution in [3.05, 3.63) is 58.0 Å². The number of thioether (sulfide) groups is 1. The second kappa shape index (κ2) is 9.12. The van der Waals surface area contributed by atoms with E-state index >= 15 is 0 Å². The summed E-state index contributed by atoms with van der Waals surface area (Å²) in [5.74, 6) is 1.68. The molecule has 1 fully saturated rings. The van der Waals surface area contributed by atoms with Gasteiger partial charge in [-0.05, 0) is 36.4 Å². The number of rotatable bonds is 7. The predicted molar refractivity (Wildman–Crippen MR) is 112 cm³/mol. The fourth-order valence-electron chi connectivity index (χ4n) is 2.37. The maximum absolute atomic E-state index is 11.9. The van der Waals surface area contributed by atoms with E-state index in [0.29, 0.717) is 50.3 Å². The molecule has 0 aliphatic carbocycles. The molecule has 0 aromatic heterocycles. The summed E-state index contributed by atoms with van der Waals surface area (Å²) in [5.41, 5.74) is 0.696. The van der Waals surface area contributed by atoms with Crippen LogP contribution in [0.4, 0.5) is 0 Å². The minimum absolute atomic E-state index is 0.226. The largest absolute Gasteiger partial charge is 0.493 e. The molecule has 5 nitrogen and oxygen atoms in total. The topological polar surface area (TPSA) is 56.8 Å². The Morgan fingerprint density at radius 2 is 1.81 bits per heavy atom. The molecule has 0 radical (unpaired) electrons. The number of methoxy groups -OCH3 is 1. The van der Waals surface area contributed by atoms with Crippen LogP contribution in [0.15, 0.2) is 47.4 Å². The van der Waals surface area contributed by atoms with Crippen molar-refractivity contribution in [1.82, 2.24) is 5.32 Å². The van der Waals surface area contributed by atoms with E-state index in [1.807, 2.05) is 24.3 Å². The Morgan fingerprint density at radius 1 is 1.11 bits per heavy atom. The van der Waals surface area contributed by atoms with Crippen LogP contribution in [0.3, 0.4) is 0 Å². The molecule has 0 saturated carbocycles. The number of hydrogen-bond donors (Lipinski definition) is 1. The molecule has 27 heavy (non-hydrogen) atoms. The molecule has 0 spiro atoms. The van der Waals surface area contributed by atoms with Gasteiger partial charge >= 0.3 is 0 Å². The highest BCUT2D eigenvalue weighted by Crippen LogP contribution is 2.31. The first-order chi connectivity index (χ1) is 13.1. The van der Waals surface area contributed by atoms with Crippen molar-refractivity contribution in [2.24, 2.45) is 0 Å². The number of benzene rings is 2. The lowest BCUT2D eigenvalue weighted by Gasteiger charge is -2.12. The van der Waals surface area contributed by atoms with E-state index in [0.717, 1.165) is 0 Å². The fourth-order valence-corrected chi connectivity index (χ4v) is 3.58. The first kappa shape index (κ1) is 19.5. The highest BCUT2D eigenvalue weighted by molar-refractivity contribution is 8.26. The molecular formula is C19H16ClNO4S2. The maximum Gasteiger partial charge on any atom is 0.263 e. The molecule has 140 valence electrons. The fraction of sp³-hybridized carbons (Fsp3) is 0.158. The van der Waals surface area contributed by atoms with Crippen LogP contribution in [-0.4, -0.2) is 30.6 Å². The third-order valence-electron chi connectivity index (χ3n) is 3.57. The Kier molecular flexibility index (Phi) is 6.60. The number of carbonyl (C=O) groups excluding carboxylic acids is 1. The minimum atomic E-state index is -0.226. The van der Waals surface area contributed by atoms with Crippen LogP contribution in [0.5, 0.6) is 17.2 Å². The Hall–Kier alpha value is -2.22. The Morgan fingerprint density at radius 3 is 2.48 bits per heavy atom. The van der Waals surface area contributed by atoms with Gasteiger partial charge in [-0.2, -0.15) is 0 Å². The molecule has 2 aromatic carbocycles. The van der Waals surface area contributed by atoms with Gasteiger partial charge in [0.25, 0.3) is 5.91 Å². The standard InChI is InChI=1S/C19H16ClNO4S2/c1-23-15-4-2-3-5-16(15)25-9-8-24-14-7-6-13(20)10-12(14)11-17-18(22)21-19(26)27-17/h2-7,10-11H,8-9H2,1H3,(H,21,22,26)/b17-11-. The predicted octanol–water partition coefficient (Wildman–Crippen LogP) is 4.30. The monoisotopic (exact) mass is 421 g/mol. The first-order valence-electron chi connectivity index (χ1n) is 8.00. The van der Waals surface area contributed by atoms with E-state index < -0.39 is 0 Å². The van der Waals surface area contributed by atoms with Gasteiger partial charge in [-0.25, -0.2) is 0 Å². The van der Waals surface area contributed by atoms with Crippen molar-refractivity contribution < 1.29 is 19.0 Å². The van der Waals surface area contributed by atoms with Gasteiger partial charge in [0.05, 0.1) is 12.0 Å². The van der Waals surface area contributed by atoms with Gasteiger partial charge in [-0.3, -0.25) is 4.79 Å². The number of nitrogens with one attached hydrogen (secondary N) is 1. The van der Waals surface area contributed by atoms with Crippen LogP contribution in [0, 0.1) is 0 Å². The number of carbonyl (C=O) groups is 1. The quantitative estimate of drug-likeness (QED) is 0.408. The molecule has 2 aromatic rings. The van der Waals surface area contributed by atoms with Gasteiger partial charge in [0.2, 0.25) is 0 Å². The smallest absolute Gasteiger partial charge is 0.263 e. The van der Waals surface area contributed by atoms with Crippen molar-refractivity contribution in [1.29, 1.82) is 0 Å². The lowest BCUT2D eigenvalue weighted by atomic mass is 10.2. The average Bonchev–Trinajstić information content (AvgIpc) is 2.97. The van der Waals surface area contributed by atoms with E-state index in [-0.39, 0.29) is 5.91 Å². The molecule has 1 N–H and O–H groups in total. The summed E-state index contributed by atoms with van der Waals surface area (Å²) in [6.07, 6.45) is 1.71. The molecule has 3 rings (SSSR count). The molecule has 1 amide bonds. The molecular weight excluding hydrogens is 406 g/mol. The maximum atomic E-state index is 11.9.